The maximum absolute atomic E-state index is 12.3. The van der Waals surface area contributed by atoms with Crippen molar-refractivity contribution >= 4 is 12.0 Å². The summed E-state index contributed by atoms with van der Waals surface area (Å²) in [6.07, 6.45) is 1.46. The van der Waals surface area contributed by atoms with Crippen LogP contribution in [0.5, 0.6) is 0 Å². The summed E-state index contributed by atoms with van der Waals surface area (Å²) >= 11 is 0. The Hall–Kier alpha value is -1.34. The van der Waals surface area contributed by atoms with Gasteiger partial charge in [0.1, 0.15) is 5.54 Å². The van der Waals surface area contributed by atoms with E-state index in [1.165, 1.54) is 25.8 Å². The normalized spacial score (nSPS) is 17.1. The van der Waals surface area contributed by atoms with Gasteiger partial charge in [0.25, 0.3) is 0 Å². The average Bonchev–Trinajstić information content (AvgIpc) is 2.43. The number of piperidine rings is 1. The van der Waals surface area contributed by atoms with Gasteiger partial charge in [0.2, 0.25) is 0 Å². The number of nitrogens with zero attached hydrogens (tertiary/aromatic N) is 2. The molecule has 2 amide bonds. The standard InChI is InChI=1S/C13H24N2O5/c1-13(2,11(17)18)14(3)12(19)15-6-4-10(5-7-15)20-9-8-16/h10,16H,4-9H2,1-3H3,(H,17,18). The Morgan fingerprint density at radius 3 is 2.35 bits per heavy atom. The second-order valence-corrected chi connectivity index (χ2v) is 5.49. The molecule has 1 heterocycles. The maximum atomic E-state index is 12.3. The number of aliphatic carboxylic acids is 1. The number of rotatable bonds is 5. The molecular weight excluding hydrogens is 264 g/mol. The number of likely N-dealkylation sites (tertiary alicyclic amines) is 1. The van der Waals surface area contributed by atoms with Gasteiger partial charge in [0, 0.05) is 20.1 Å². The number of hydrogen-bond donors (Lipinski definition) is 2. The molecule has 0 bridgehead atoms. The lowest BCUT2D eigenvalue weighted by atomic mass is 10.0. The molecule has 1 aliphatic rings. The minimum Gasteiger partial charge on any atom is -0.480 e. The number of carboxylic acid groups (broad SMARTS) is 1. The van der Waals surface area contributed by atoms with Crippen LogP contribution in [0.1, 0.15) is 26.7 Å². The van der Waals surface area contributed by atoms with Crippen molar-refractivity contribution in [1.29, 1.82) is 0 Å². The Kier molecular flexibility index (Phi) is 5.76. The van der Waals surface area contributed by atoms with Crippen LogP contribution in [-0.4, -0.2) is 77.0 Å². The van der Waals surface area contributed by atoms with E-state index in [0.717, 1.165) is 0 Å². The lowest BCUT2D eigenvalue weighted by Crippen LogP contribution is -2.56. The summed E-state index contributed by atoms with van der Waals surface area (Å²) in [5.74, 6) is -1.03. The van der Waals surface area contributed by atoms with Crippen LogP contribution in [0, 0.1) is 0 Å². The number of urea groups is 1. The molecule has 7 heteroatoms. The highest BCUT2D eigenvalue weighted by atomic mass is 16.5. The first-order valence-corrected chi connectivity index (χ1v) is 6.79. The monoisotopic (exact) mass is 288 g/mol. The third-order valence-electron chi connectivity index (χ3n) is 3.81. The second kappa shape index (κ2) is 6.90. The molecule has 2 N–H and O–H groups in total. The van der Waals surface area contributed by atoms with Gasteiger partial charge in [0.15, 0.2) is 0 Å². The summed E-state index contributed by atoms with van der Waals surface area (Å²) in [5, 5.41) is 17.8. The quantitative estimate of drug-likeness (QED) is 0.763. The average molecular weight is 288 g/mol. The molecule has 0 spiro atoms. The number of hydrogen-bond acceptors (Lipinski definition) is 4. The highest BCUT2D eigenvalue weighted by Gasteiger charge is 2.37. The van der Waals surface area contributed by atoms with Gasteiger partial charge >= 0.3 is 12.0 Å². The third-order valence-corrected chi connectivity index (χ3v) is 3.81. The van der Waals surface area contributed by atoms with Crippen molar-refractivity contribution in [3.8, 4) is 0 Å². The topological polar surface area (TPSA) is 90.3 Å². The van der Waals surface area contributed by atoms with E-state index in [2.05, 4.69) is 0 Å². The van der Waals surface area contributed by atoms with E-state index in [0.29, 0.717) is 32.5 Å². The highest BCUT2D eigenvalue weighted by molar-refractivity contribution is 5.85. The molecule has 0 radical (unpaired) electrons. The third kappa shape index (κ3) is 3.83. The van der Waals surface area contributed by atoms with Crippen LogP contribution < -0.4 is 0 Å². The number of carbonyl (C=O) groups is 2. The molecule has 0 aromatic carbocycles. The fourth-order valence-electron chi connectivity index (χ4n) is 2.03. The summed E-state index contributed by atoms with van der Waals surface area (Å²) in [4.78, 5) is 26.3. The highest BCUT2D eigenvalue weighted by Crippen LogP contribution is 2.19. The molecule has 1 aliphatic heterocycles. The van der Waals surface area contributed by atoms with E-state index in [4.69, 9.17) is 14.9 Å². The molecule has 0 unspecified atom stereocenters. The van der Waals surface area contributed by atoms with Crippen LogP contribution in [-0.2, 0) is 9.53 Å². The fourth-order valence-corrected chi connectivity index (χ4v) is 2.03. The minimum absolute atomic E-state index is 0.00527. The fraction of sp³-hybridized carbons (Fsp3) is 0.846. The van der Waals surface area contributed by atoms with Gasteiger partial charge in [-0.3, -0.25) is 0 Å². The molecule has 116 valence electrons. The van der Waals surface area contributed by atoms with Crippen LogP contribution in [0.4, 0.5) is 4.79 Å². The Morgan fingerprint density at radius 1 is 1.35 bits per heavy atom. The first kappa shape index (κ1) is 16.7. The van der Waals surface area contributed by atoms with Crippen molar-refractivity contribution in [2.24, 2.45) is 0 Å². The van der Waals surface area contributed by atoms with Crippen LogP contribution in [0.15, 0.2) is 0 Å². The minimum atomic E-state index is -1.23. The largest absolute Gasteiger partial charge is 0.480 e. The number of carboxylic acids is 1. The van der Waals surface area contributed by atoms with Gasteiger partial charge < -0.3 is 24.7 Å². The molecule has 1 fully saturated rings. The zero-order valence-electron chi connectivity index (χ0n) is 12.3. The first-order chi connectivity index (χ1) is 9.30. The molecule has 0 aliphatic carbocycles. The summed E-state index contributed by atoms with van der Waals surface area (Å²) in [6.45, 7) is 4.39. The Bertz CT molecular complexity index is 351. The van der Waals surface area contributed by atoms with Crippen molar-refractivity contribution in [3.05, 3.63) is 0 Å². The van der Waals surface area contributed by atoms with Crippen LogP contribution in [0.25, 0.3) is 0 Å². The van der Waals surface area contributed by atoms with E-state index >= 15 is 0 Å². The summed E-state index contributed by atoms with van der Waals surface area (Å²) in [6, 6.07) is -0.280. The number of aliphatic hydroxyl groups is 1. The smallest absolute Gasteiger partial charge is 0.329 e. The number of likely N-dealkylation sites (N-methyl/N-ethyl adjacent to an activating group) is 1. The van der Waals surface area contributed by atoms with Crippen LogP contribution in [0.3, 0.4) is 0 Å². The van der Waals surface area contributed by atoms with Crippen molar-refractivity contribution in [2.45, 2.75) is 38.3 Å². The van der Waals surface area contributed by atoms with Gasteiger partial charge in [-0.15, -0.1) is 0 Å². The van der Waals surface area contributed by atoms with E-state index < -0.39 is 11.5 Å². The first-order valence-electron chi connectivity index (χ1n) is 6.79. The van der Waals surface area contributed by atoms with Gasteiger partial charge in [-0.1, -0.05) is 0 Å². The van der Waals surface area contributed by atoms with E-state index in [1.807, 2.05) is 0 Å². The molecule has 20 heavy (non-hydrogen) atoms. The van der Waals surface area contributed by atoms with Crippen molar-refractivity contribution in [2.75, 3.05) is 33.4 Å². The maximum Gasteiger partial charge on any atom is 0.329 e. The van der Waals surface area contributed by atoms with Gasteiger partial charge in [-0.25, -0.2) is 9.59 Å². The van der Waals surface area contributed by atoms with Gasteiger partial charge in [0.05, 0.1) is 19.3 Å². The molecule has 0 saturated carbocycles. The molecule has 1 saturated heterocycles. The molecule has 0 atom stereocenters. The molecular formula is C13H24N2O5. The predicted molar refractivity (Wildman–Crippen MR) is 72.5 cm³/mol. The Labute approximate surface area is 119 Å². The lowest BCUT2D eigenvalue weighted by molar-refractivity contribution is -0.147. The number of aliphatic hydroxyl groups excluding tert-OH is 1. The molecule has 0 aromatic rings. The van der Waals surface area contributed by atoms with E-state index in [1.54, 1.807) is 4.90 Å². The van der Waals surface area contributed by atoms with Gasteiger partial charge in [-0.05, 0) is 26.7 Å². The zero-order chi connectivity index (χ0) is 15.3. The SMILES string of the molecule is CN(C(=O)N1CCC(OCCO)CC1)C(C)(C)C(=O)O. The number of ether oxygens (including phenoxy) is 1. The summed E-state index contributed by atoms with van der Waals surface area (Å²) in [5.41, 5.74) is -1.23. The summed E-state index contributed by atoms with van der Waals surface area (Å²) < 4.78 is 5.43. The molecule has 0 aromatic heterocycles. The van der Waals surface area contributed by atoms with Crippen molar-refractivity contribution in [1.82, 2.24) is 9.80 Å². The molecule has 7 nitrogen and oxygen atoms in total. The predicted octanol–water partition coefficient (Wildman–Crippen LogP) is 0.375. The Balaban J connectivity index is 2.52. The van der Waals surface area contributed by atoms with E-state index in [-0.39, 0.29) is 18.7 Å². The van der Waals surface area contributed by atoms with Crippen molar-refractivity contribution < 1.29 is 24.5 Å². The Morgan fingerprint density at radius 2 is 1.90 bits per heavy atom. The summed E-state index contributed by atoms with van der Waals surface area (Å²) in [7, 11) is 1.50. The number of amides is 2. The molecule has 1 rings (SSSR count). The van der Waals surface area contributed by atoms with Crippen LogP contribution >= 0.6 is 0 Å². The van der Waals surface area contributed by atoms with E-state index in [9.17, 15) is 9.59 Å². The lowest BCUT2D eigenvalue weighted by Gasteiger charge is -2.38. The van der Waals surface area contributed by atoms with Crippen LogP contribution in [0.2, 0.25) is 0 Å². The zero-order valence-corrected chi connectivity index (χ0v) is 12.3. The van der Waals surface area contributed by atoms with Crippen molar-refractivity contribution in [3.63, 3.8) is 0 Å². The second-order valence-electron chi connectivity index (χ2n) is 5.49. The van der Waals surface area contributed by atoms with Gasteiger partial charge in [-0.2, -0.15) is 0 Å². The number of carbonyl (C=O) groups excluding carboxylic acids is 1.